The minimum Gasteiger partial charge on any atom is -0.310 e. The van der Waals surface area contributed by atoms with Crippen LogP contribution in [-0.2, 0) is 4.79 Å². The molecular weight excluding hydrogens is 102 g/mol. The molecule has 1 aliphatic rings. The van der Waals surface area contributed by atoms with Gasteiger partial charge in [0.15, 0.2) is 0 Å². The highest BCUT2D eigenvalue weighted by Crippen LogP contribution is 1.85. The molecule has 50 valence electrons. The highest BCUT2D eigenvalue weighted by atomic mass is 16.1. The summed E-state index contributed by atoms with van der Waals surface area (Å²) in [6.07, 6.45) is 0.736. The monoisotopic (exact) mass is 117 g/mol. The first-order valence-electron chi connectivity index (χ1n) is 3.12. The van der Waals surface area contributed by atoms with Crippen molar-refractivity contribution >= 4 is 5.78 Å². The number of Topliss-reactive ketones (excluding diaryl/α,β-unsaturated/α-hetero) is 1. The molecule has 1 aliphatic heterocycles. The fraction of sp³-hybridized carbons (Fsp3) is 0.833. The Kier molecular flexibility index (Phi) is 4.56. The molecule has 1 heterocycles. The van der Waals surface area contributed by atoms with Gasteiger partial charge in [-0.15, -0.1) is 0 Å². The van der Waals surface area contributed by atoms with Crippen LogP contribution in [0.3, 0.4) is 0 Å². The van der Waals surface area contributed by atoms with Crippen molar-refractivity contribution in [3.8, 4) is 0 Å². The van der Waals surface area contributed by atoms with E-state index in [0.29, 0.717) is 12.3 Å². The van der Waals surface area contributed by atoms with Crippen LogP contribution in [0.1, 0.15) is 21.7 Å². The van der Waals surface area contributed by atoms with E-state index >= 15 is 0 Å². The van der Waals surface area contributed by atoms with E-state index in [2.05, 4.69) is 5.32 Å². The summed E-state index contributed by atoms with van der Waals surface area (Å²) in [6, 6.07) is 0. The molecule has 0 spiro atoms. The third-order valence-electron chi connectivity index (χ3n) is 0.903. The Balaban J connectivity index is 0. The lowest BCUT2D eigenvalue weighted by atomic mass is 10.4. The van der Waals surface area contributed by atoms with Crippen molar-refractivity contribution in [2.45, 2.75) is 20.3 Å². The fourth-order valence-electron chi connectivity index (χ4n) is 0.544. The van der Waals surface area contributed by atoms with Gasteiger partial charge >= 0.3 is 0 Å². The molecule has 0 bridgehead atoms. The number of ketones is 1. The molecule has 1 rings (SSSR count). The van der Waals surface area contributed by atoms with Gasteiger partial charge in [0.1, 0.15) is 5.78 Å². The fourth-order valence-corrected chi connectivity index (χ4v) is 0.544. The second-order valence-corrected chi connectivity index (χ2v) is 1.47. The first-order chi connectivity index (χ1) is 3.89. The van der Waals surface area contributed by atoms with E-state index in [9.17, 15) is 4.79 Å². The largest absolute Gasteiger partial charge is 0.310 e. The number of nitrogens with one attached hydrogen (secondary N) is 1. The van der Waals surface area contributed by atoms with E-state index in [1.54, 1.807) is 0 Å². The summed E-state index contributed by atoms with van der Waals surface area (Å²) in [4.78, 5) is 10.2. The maximum Gasteiger partial charge on any atom is 0.147 e. The Morgan fingerprint density at radius 3 is 2.38 bits per heavy atom. The second-order valence-electron chi connectivity index (χ2n) is 1.47. The molecule has 8 heavy (non-hydrogen) atoms. The van der Waals surface area contributed by atoms with Crippen molar-refractivity contribution in [1.29, 1.82) is 0 Å². The third kappa shape index (κ3) is 2.75. The molecule has 0 aromatic rings. The van der Waals surface area contributed by atoms with Crippen LogP contribution in [0.2, 0.25) is 0 Å². The lowest BCUT2D eigenvalue weighted by molar-refractivity contribution is -0.116. The molecule has 0 atom stereocenters. The van der Waals surface area contributed by atoms with Crippen LogP contribution in [0.25, 0.3) is 0 Å². The Labute approximate surface area is 51.8 Å². The zero-order valence-electron chi connectivity index (χ0n) is 5.53. The van der Waals surface area contributed by atoms with Crippen molar-refractivity contribution < 1.29 is 6.22 Å². The molecule has 0 amide bonds. The van der Waals surface area contributed by atoms with Crippen molar-refractivity contribution in [3.05, 3.63) is 0 Å². The van der Waals surface area contributed by atoms with Gasteiger partial charge < -0.3 is 5.32 Å². The summed E-state index contributed by atoms with van der Waals surface area (Å²) in [7, 11) is 0. The van der Waals surface area contributed by atoms with Gasteiger partial charge in [0, 0.05) is 14.4 Å². The smallest absolute Gasteiger partial charge is 0.147 e. The van der Waals surface area contributed by atoms with Gasteiger partial charge in [-0.2, -0.15) is 0 Å². The summed E-state index contributed by atoms with van der Waals surface area (Å²) in [5.41, 5.74) is 0. The van der Waals surface area contributed by atoms with Crippen LogP contribution in [0.15, 0.2) is 0 Å². The number of carbonyl (C=O) groups excluding carboxylic acids is 1. The normalized spacial score (nSPS) is 17.5. The number of carbonyl (C=O) groups is 1. The van der Waals surface area contributed by atoms with E-state index in [-0.39, 0.29) is 1.43 Å². The van der Waals surface area contributed by atoms with Gasteiger partial charge in [0.05, 0.1) is 6.54 Å². The number of hydrogen-bond donors (Lipinski definition) is 1. The summed E-state index contributed by atoms with van der Waals surface area (Å²) in [5, 5.41) is 2.92. The van der Waals surface area contributed by atoms with Gasteiger partial charge in [-0.3, -0.25) is 4.79 Å². The van der Waals surface area contributed by atoms with Crippen molar-refractivity contribution in [2.75, 3.05) is 13.1 Å². The van der Waals surface area contributed by atoms with Gasteiger partial charge in [-0.05, 0) is 0 Å². The maximum atomic E-state index is 10.2. The molecule has 0 unspecified atom stereocenters. The quantitative estimate of drug-likeness (QED) is 0.509. The third-order valence-corrected chi connectivity index (χ3v) is 0.903. The SMILES string of the molecule is CC.O=C1CCNC1.[HH]. The standard InChI is InChI=1S/C4H7NO.C2H6.H2/c6-4-1-2-5-3-4;1-2;/h5H,1-3H2;1-2H3;1H. The minimum absolute atomic E-state index is 0. The van der Waals surface area contributed by atoms with E-state index in [0.717, 1.165) is 13.0 Å². The van der Waals surface area contributed by atoms with Gasteiger partial charge in [0.2, 0.25) is 0 Å². The van der Waals surface area contributed by atoms with Crippen LogP contribution in [-0.4, -0.2) is 18.9 Å². The lowest BCUT2D eigenvalue weighted by Crippen LogP contribution is -2.07. The predicted octanol–water partition coefficient (Wildman–Crippen LogP) is 0.821. The molecule has 0 radical (unpaired) electrons. The Bertz CT molecular complexity index is 67.5. The van der Waals surface area contributed by atoms with Crippen molar-refractivity contribution in [1.82, 2.24) is 5.32 Å². The zero-order chi connectivity index (χ0) is 6.41. The van der Waals surface area contributed by atoms with Crippen LogP contribution < -0.4 is 5.32 Å². The van der Waals surface area contributed by atoms with E-state index in [4.69, 9.17) is 0 Å². The lowest BCUT2D eigenvalue weighted by Gasteiger charge is -1.75. The first kappa shape index (κ1) is 7.63. The molecule has 2 heteroatoms. The van der Waals surface area contributed by atoms with Crippen LogP contribution in [0.5, 0.6) is 0 Å². The first-order valence-corrected chi connectivity index (χ1v) is 3.12. The predicted molar refractivity (Wildman–Crippen MR) is 36.0 cm³/mol. The summed E-state index contributed by atoms with van der Waals surface area (Å²) < 4.78 is 0. The summed E-state index contributed by atoms with van der Waals surface area (Å²) in [6.45, 7) is 5.48. The van der Waals surface area contributed by atoms with E-state index < -0.39 is 0 Å². The molecule has 0 aromatic carbocycles. The van der Waals surface area contributed by atoms with Crippen molar-refractivity contribution in [2.24, 2.45) is 0 Å². The Morgan fingerprint density at radius 2 is 2.25 bits per heavy atom. The Morgan fingerprint density at radius 1 is 1.62 bits per heavy atom. The van der Waals surface area contributed by atoms with Gasteiger partial charge in [-0.1, -0.05) is 13.8 Å². The van der Waals surface area contributed by atoms with Crippen LogP contribution >= 0.6 is 0 Å². The van der Waals surface area contributed by atoms with E-state index in [1.165, 1.54) is 0 Å². The topological polar surface area (TPSA) is 29.1 Å². The average molecular weight is 117 g/mol. The van der Waals surface area contributed by atoms with E-state index in [1.807, 2.05) is 13.8 Å². The average Bonchev–Trinajstić information content (AvgIpc) is 2.24. The second kappa shape index (κ2) is 4.78. The molecular formula is C6H15NO. The minimum atomic E-state index is 0. The Hall–Kier alpha value is -0.370. The molecule has 0 aliphatic carbocycles. The molecule has 2 nitrogen and oxygen atoms in total. The summed E-state index contributed by atoms with van der Waals surface area (Å²) in [5.74, 6) is 0.343. The van der Waals surface area contributed by atoms with Crippen LogP contribution in [0.4, 0.5) is 0 Å². The van der Waals surface area contributed by atoms with Gasteiger partial charge in [0.25, 0.3) is 0 Å². The highest BCUT2D eigenvalue weighted by molar-refractivity contribution is 5.82. The van der Waals surface area contributed by atoms with Crippen LogP contribution in [0, 0.1) is 0 Å². The van der Waals surface area contributed by atoms with Crippen molar-refractivity contribution in [3.63, 3.8) is 0 Å². The van der Waals surface area contributed by atoms with Gasteiger partial charge in [-0.25, -0.2) is 0 Å². The number of hydrogen-bond acceptors (Lipinski definition) is 2. The number of rotatable bonds is 0. The molecule has 0 saturated carbocycles. The molecule has 1 N–H and O–H groups in total. The molecule has 1 fully saturated rings. The zero-order valence-corrected chi connectivity index (χ0v) is 5.53. The summed E-state index contributed by atoms with van der Waals surface area (Å²) >= 11 is 0. The highest BCUT2D eigenvalue weighted by Gasteiger charge is 2.06. The maximum absolute atomic E-state index is 10.2. The molecule has 0 aromatic heterocycles. The molecule has 1 saturated heterocycles.